The van der Waals surface area contributed by atoms with E-state index < -0.39 is 0 Å². The van der Waals surface area contributed by atoms with Gasteiger partial charge >= 0.3 is 0 Å². The fourth-order valence-electron chi connectivity index (χ4n) is 0.850. The van der Waals surface area contributed by atoms with Gasteiger partial charge in [-0.2, -0.15) is 0 Å². The van der Waals surface area contributed by atoms with Gasteiger partial charge < -0.3 is 5.11 Å². The molecule has 2 nitrogen and oxygen atoms in total. The predicted octanol–water partition coefficient (Wildman–Crippen LogP) is 2.13. The second-order valence-electron chi connectivity index (χ2n) is 2.36. The molecule has 2 heteroatoms. The second kappa shape index (κ2) is 3.19. The van der Waals surface area contributed by atoms with Crippen molar-refractivity contribution in [1.82, 2.24) is 4.98 Å². The van der Waals surface area contributed by atoms with Crippen molar-refractivity contribution in [3.8, 4) is 5.75 Å². The van der Waals surface area contributed by atoms with Gasteiger partial charge in [-0.3, -0.25) is 0 Å². The van der Waals surface area contributed by atoms with Gasteiger partial charge in [-0.05, 0) is 32.1 Å². The van der Waals surface area contributed by atoms with Gasteiger partial charge in [0.05, 0.1) is 0 Å². The Morgan fingerprint density at radius 3 is 2.82 bits per heavy atom. The van der Waals surface area contributed by atoms with Crippen molar-refractivity contribution in [2.75, 3.05) is 0 Å². The molecule has 0 aliphatic heterocycles. The molecule has 0 aliphatic carbocycles. The SMILES string of the molecule is C/C=C/c1nc(C)ccc1O. The normalized spacial score (nSPS) is 10.7. The fraction of sp³-hybridized carbons (Fsp3) is 0.222. The van der Waals surface area contributed by atoms with E-state index in [1.807, 2.05) is 19.9 Å². The van der Waals surface area contributed by atoms with E-state index in [-0.39, 0.29) is 5.75 Å². The van der Waals surface area contributed by atoms with Crippen LogP contribution in [0.4, 0.5) is 0 Å². The number of allylic oxidation sites excluding steroid dienone is 1. The molecule has 0 aliphatic rings. The monoisotopic (exact) mass is 149 g/mol. The summed E-state index contributed by atoms with van der Waals surface area (Å²) < 4.78 is 0. The van der Waals surface area contributed by atoms with Crippen molar-refractivity contribution in [1.29, 1.82) is 0 Å². The van der Waals surface area contributed by atoms with Crippen molar-refractivity contribution in [3.05, 3.63) is 29.6 Å². The Balaban J connectivity index is 3.12. The highest BCUT2D eigenvalue weighted by Gasteiger charge is 1.96. The smallest absolute Gasteiger partial charge is 0.141 e. The molecule has 1 aromatic rings. The summed E-state index contributed by atoms with van der Waals surface area (Å²) in [5.74, 6) is 0.230. The summed E-state index contributed by atoms with van der Waals surface area (Å²) in [5.41, 5.74) is 1.54. The number of hydrogen-bond acceptors (Lipinski definition) is 2. The molecule has 0 amide bonds. The van der Waals surface area contributed by atoms with Crippen LogP contribution in [0.3, 0.4) is 0 Å². The third kappa shape index (κ3) is 1.80. The first-order chi connectivity index (χ1) is 5.24. The zero-order valence-corrected chi connectivity index (χ0v) is 6.70. The summed E-state index contributed by atoms with van der Waals surface area (Å²) in [4.78, 5) is 4.13. The minimum absolute atomic E-state index is 0.230. The average Bonchev–Trinajstić information content (AvgIpc) is 1.98. The van der Waals surface area contributed by atoms with Gasteiger partial charge in [0, 0.05) is 5.69 Å². The minimum Gasteiger partial charge on any atom is -0.506 e. The van der Waals surface area contributed by atoms with E-state index >= 15 is 0 Å². The number of pyridine rings is 1. The molecule has 0 spiro atoms. The largest absolute Gasteiger partial charge is 0.506 e. The molecule has 58 valence electrons. The van der Waals surface area contributed by atoms with Crippen LogP contribution in [0.25, 0.3) is 6.08 Å². The Bertz CT molecular complexity index is 279. The molecule has 1 heterocycles. The van der Waals surface area contributed by atoms with Crippen LogP contribution in [0.2, 0.25) is 0 Å². The maximum atomic E-state index is 9.25. The molecule has 11 heavy (non-hydrogen) atoms. The molecule has 0 bridgehead atoms. The molecule has 0 unspecified atom stereocenters. The van der Waals surface area contributed by atoms with Crippen LogP contribution in [-0.4, -0.2) is 10.1 Å². The number of aromatic nitrogens is 1. The first kappa shape index (κ1) is 7.79. The first-order valence-corrected chi connectivity index (χ1v) is 3.53. The fourth-order valence-corrected chi connectivity index (χ4v) is 0.850. The number of aryl methyl sites for hydroxylation is 1. The van der Waals surface area contributed by atoms with Crippen LogP contribution in [0, 0.1) is 6.92 Å². The van der Waals surface area contributed by atoms with E-state index in [1.54, 1.807) is 18.2 Å². The molecular weight excluding hydrogens is 138 g/mol. The quantitative estimate of drug-likeness (QED) is 0.663. The molecule has 1 aromatic heterocycles. The molecule has 0 aromatic carbocycles. The van der Waals surface area contributed by atoms with Crippen LogP contribution in [0.15, 0.2) is 18.2 Å². The summed E-state index contributed by atoms with van der Waals surface area (Å²) in [6.07, 6.45) is 3.63. The van der Waals surface area contributed by atoms with Crippen molar-refractivity contribution in [2.45, 2.75) is 13.8 Å². The van der Waals surface area contributed by atoms with E-state index in [0.717, 1.165) is 5.69 Å². The Hall–Kier alpha value is -1.31. The highest BCUT2D eigenvalue weighted by molar-refractivity contribution is 5.52. The summed E-state index contributed by atoms with van der Waals surface area (Å²) in [5, 5.41) is 9.25. The summed E-state index contributed by atoms with van der Waals surface area (Å²) in [6.45, 7) is 3.79. The third-order valence-corrected chi connectivity index (χ3v) is 1.37. The second-order valence-corrected chi connectivity index (χ2v) is 2.36. The molecule has 0 fully saturated rings. The van der Waals surface area contributed by atoms with E-state index in [2.05, 4.69) is 4.98 Å². The van der Waals surface area contributed by atoms with Crippen molar-refractivity contribution < 1.29 is 5.11 Å². The Labute approximate surface area is 66.2 Å². The lowest BCUT2D eigenvalue weighted by atomic mass is 10.2. The highest BCUT2D eigenvalue weighted by atomic mass is 16.3. The van der Waals surface area contributed by atoms with Gasteiger partial charge in [0.1, 0.15) is 11.4 Å². The molecule has 0 atom stereocenters. The molecule has 0 saturated carbocycles. The first-order valence-electron chi connectivity index (χ1n) is 3.53. The average molecular weight is 149 g/mol. The topological polar surface area (TPSA) is 33.1 Å². The van der Waals surface area contributed by atoms with Gasteiger partial charge in [0.2, 0.25) is 0 Å². The van der Waals surface area contributed by atoms with Crippen LogP contribution >= 0.6 is 0 Å². The Kier molecular flexibility index (Phi) is 2.26. The van der Waals surface area contributed by atoms with Crippen LogP contribution in [0.5, 0.6) is 5.75 Å². The molecule has 1 N–H and O–H groups in total. The zero-order chi connectivity index (χ0) is 8.27. The maximum absolute atomic E-state index is 9.25. The molecular formula is C9H11NO. The minimum atomic E-state index is 0.230. The van der Waals surface area contributed by atoms with Gasteiger partial charge in [0.15, 0.2) is 0 Å². The van der Waals surface area contributed by atoms with Crippen LogP contribution in [0.1, 0.15) is 18.3 Å². The number of aromatic hydroxyl groups is 1. The molecule has 1 rings (SSSR count). The van der Waals surface area contributed by atoms with Crippen LogP contribution in [-0.2, 0) is 0 Å². The van der Waals surface area contributed by atoms with Gasteiger partial charge in [-0.1, -0.05) is 6.08 Å². The highest BCUT2D eigenvalue weighted by Crippen LogP contribution is 2.15. The van der Waals surface area contributed by atoms with Gasteiger partial charge in [-0.15, -0.1) is 0 Å². The van der Waals surface area contributed by atoms with E-state index in [4.69, 9.17) is 0 Å². The number of hydrogen-bond donors (Lipinski definition) is 1. The van der Waals surface area contributed by atoms with Crippen LogP contribution < -0.4 is 0 Å². The zero-order valence-electron chi connectivity index (χ0n) is 6.70. The van der Waals surface area contributed by atoms with E-state index in [9.17, 15) is 5.11 Å². The lowest BCUT2D eigenvalue weighted by Crippen LogP contribution is -1.84. The lowest BCUT2D eigenvalue weighted by molar-refractivity contribution is 0.471. The maximum Gasteiger partial charge on any atom is 0.141 e. The Morgan fingerprint density at radius 2 is 2.18 bits per heavy atom. The van der Waals surface area contributed by atoms with Crippen molar-refractivity contribution in [3.63, 3.8) is 0 Å². The standard InChI is InChI=1S/C9H11NO/c1-3-4-8-9(11)6-5-7(2)10-8/h3-6,11H,1-2H3/b4-3+. The number of nitrogens with zero attached hydrogens (tertiary/aromatic N) is 1. The van der Waals surface area contributed by atoms with E-state index in [0.29, 0.717) is 5.69 Å². The predicted molar refractivity (Wildman–Crippen MR) is 45.3 cm³/mol. The van der Waals surface area contributed by atoms with Gasteiger partial charge in [0.25, 0.3) is 0 Å². The summed E-state index contributed by atoms with van der Waals surface area (Å²) in [7, 11) is 0. The molecule has 0 radical (unpaired) electrons. The third-order valence-electron chi connectivity index (χ3n) is 1.37. The summed E-state index contributed by atoms with van der Waals surface area (Å²) >= 11 is 0. The van der Waals surface area contributed by atoms with Crippen molar-refractivity contribution >= 4 is 6.08 Å². The van der Waals surface area contributed by atoms with Gasteiger partial charge in [-0.25, -0.2) is 4.98 Å². The van der Waals surface area contributed by atoms with Crippen molar-refractivity contribution in [2.24, 2.45) is 0 Å². The summed E-state index contributed by atoms with van der Waals surface area (Å²) in [6, 6.07) is 3.43. The molecule has 0 saturated heterocycles. The number of rotatable bonds is 1. The lowest BCUT2D eigenvalue weighted by Gasteiger charge is -1.98. The van der Waals surface area contributed by atoms with E-state index in [1.165, 1.54) is 0 Å². The Morgan fingerprint density at radius 1 is 1.45 bits per heavy atom.